The van der Waals surface area contributed by atoms with E-state index in [0.717, 1.165) is 23.4 Å². The minimum Gasteiger partial charge on any atom is -0.494 e. The highest BCUT2D eigenvalue weighted by Gasteiger charge is 2.17. The van der Waals surface area contributed by atoms with Gasteiger partial charge in [0.05, 0.1) is 6.61 Å². The molecule has 3 heteroatoms. The maximum Gasteiger partial charge on any atom is 0.224 e. The van der Waals surface area contributed by atoms with Crippen LogP contribution >= 0.6 is 0 Å². The van der Waals surface area contributed by atoms with Crippen molar-refractivity contribution in [3.63, 3.8) is 0 Å². The second-order valence-corrected chi connectivity index (χ2v) is 8.46. The number of nitrogens with one attached hydrogen (secondary N) is 1. The summed E-state index contributed by atoms with van der Waals surface area (Å²) < 4.78 is 5.81. The van der Waals surface area contributed by atoms with Crippen LogP contribution in [0.1, 0.15) is 76.5 Å². The first-order valence-corrected chi connectivity index (χ1v) is 10.4. The molecular weight excluding hydrogens is 346 g/mol. The molecule has 1 N–H and O–H groups in total. The van der Waals surface area contributed by atoms with Gasteiger partial charge in [0.1, 0.15) is 5.75 Å². The van der Waals surface area contributed by atoms with E-state index in [1.807, 2.05) is 31.2 Å². The molecule has 2 aromatic carbocycles. The van der Waals surface area contributed by atoms with Crippen molar-refractivity contribution in [1.29, 1.82) is 0 Å². The van der Waals surface area contributed by atoms with Crippen molar-refractivity contribution in [1.82, 2.24) is 0 Å². The van der Waals surface area contributed by atoms with Crippen LogP contribution in [0.15, 0.2) is 42.5 Å². The summed E-state index contributed by atoms with van der Waals surface area (Å²) in [4.78, 5) is 12.4. The van der Waals surface area contributed by atoms with Gasteiger partial charge in [-0.3, -0.25) is 4.79 Å². The van der Waals surface area contributed by atoms with E-state index >= 15 is 0 Å². The quantitative estimate of drug-likeness (QED) is 0.497. The lowest BCUT2D eigenvalue weighted by Gasteiger charge is -2.23. The van der Waals surface area contributed by atoms with Crippen LogP contribution in [0.2, 0.25) is 0 Å². The third-order valence-electron chi connectivity index (χ3n) is 5.53. The molecule has 0 aromatic heterocycles. The van der Waals surface area contributed by atoms with E-state index in [-0.39, 0.29) is 11.3 Å². The number of aryl methyl sites for hydroxylation is 1. The van der Waals surface area contributed by atoms with Crippen molar-refractivity contribution in [3.8, 4) is 5.75 Å². The van der Waals surface area contributed by atoms with Gasteiger partial charge in [-0.15, -0.1) is 0 Å². The molecule has 0 aliphatic carbocycles. The summed E-state index contributed by atoms with van der Waals surface area (Å²) in [5.41, 5.74) is 4.74. The third kappa shape index (κ3) is 5.85. The van der Waals surface area contributed by atoms with Crippen molar-refractivity contribution in [2.24, 2.45) is 0 Å². The van der Waals surface area contributed by atoms with Gasteiger partial charge in [0.2, 0.25) is 5.91 Å². The molecule has 0 radical (unpaired) electrons. The zero-order valence-electron chi connectivity index (χ0n) is 18.3. The van der Waals surface area contributed by atoms with Crippen LogP contribution in [0, 0.1) is 6.92 Å². The summed E-state index contributed by atoms with van der Waals surface area (Å²) in [5.74, 6) is 1.27. The first-order valence-electron chi connectivity index (χ1n) is 10.4. The van der Waals surface area contributed by atoms with Crippen LogP contribution in [0.3, 0.4) is 0 Å². The number of hydrogen-bond acceptors (Lipinski definition) is 2. The number of hydrogen-bond donors (Lipinski definition) is 1. The fourth-order valence-electron chi connectivity index (χ4n) is 3.17. The van der Waals surface area contributed by atoms with E-state index in [1.54, 1.807) is 0 Å². The predicted octanol–water partition coefficient (Wildman–Crippen LogP) is 6.60. The summed E-state index contributed by atoms with van der Waals surface area (Å²) in [7, 11) is 0. The fraction of sp³-hybridized carbons (Fsp3) is 0.480. The van der Waals surface area contributed by atoms with Crippen molar-refractivity contribution < 1.29 is 9.53 Å². The Hall–Kier alpha value is -2.29. The normalized spacial score (nSPS) is 11.5. The molecule has 0 atom stereocenters. The number of carbonyl (C=O) groups is 1. The van der Waals surface area contributed by atoms with Crippen LogP contribution < -0.4 is 10.1 Å². The van der Waals surface area contributed by atoms with E-state index in [4.69, 9.17) is 4.74 Å². The molecule has 152 valence electrons. The Labute approximate surface area is 170 Å². The topological polar surface area (TPSA) is 38.3 Å². The largest absolute Gasteiger partial charge is 0.494 e. The SMILES string of the molecule is CCC(C)(C)c1ccc(OCCCC(=O)Nc2c(C)cccc2C(C)C)cc1. The van der Waals surface area contributed by atoms with Crippen molar-refractivity contribution >= 4 is 11.6 Å². The highest BCUT2D eigenvalue weighted by atomic mass is 16.5. The molecule has 0 heterocycles. The Balaban J connectivity index is 1.82. The zero-order valence-corrected chi connectivity index (χ0v) is 18.3. The molecule has 2 rings (SSSR count). The van der Waals surface area contributed by atoms with Gasteiger partial charge in [0.25, 0.3) is 0 Å². The molecule has 0 unspecified atom stereocenters. The van der Waals surface area contributed by atoms with Crippen LogP contribution in [-0.2, 0) is 10.2 Å². The Morgan fingerprint density at radius 1 is 1.11 bits per heavy atom. The molecule has 2 aromatic rings. The molecule has 0 saturated heterocycles. The molecule has 0 bridgehead atoms. The lowest BCUT2D eigenvalue weighted by atomic mass is 9.82. The van der Waals surface area contributed by atoms with E-state index in [2.05, 4.69) is 58.1 Å². The Kier molecular flexibility index (Phi) is 7.68. The average Bonchev–Trinajstić information content (AvgIpc) is 2.67. The van der Waals surface area contributed by atoms with Gasteiger partial charge in [0.15, 0.2) is 0 Å². The average molecular weight is 382 g/mol. The van der Waals surface area contributed by atoms with Crippen LogP contribution in [0.25, 0.3) is 0 Å². The van der Waals surface area contributed by atoms with E-state index in [9.17, 15) is 4.79 Å². The van der Waals surface area contributed by atoms with Gasteiger partial charge < -0.3 is 10.1 Å². The Bertz CT molecular complexity index is 776. The maximum absolute atomic E-state index is 12.4. The molecule has 0 aliphatic rings. The second kappa shape index (κ2) is 9.77. The summed E-state index contributed by atoms with van der Waals surface area (Å²) >= 11 is 0. The first-order chi connectivity index (χ1) is 13.2. The Morgan fingerprint density at radius 3 is 2.39 bits per heavy atom. The molecule has 3 nitrogen and oxygen atoms in total. The zero-order chi connectivity index (χ0) is 20.7. The monoisotopic (exact) mass is 381 g/mol. The van der Waals surface area contributed by atoms with E-state index < -0.39 is 0 Å². The van der Waals surface area contributed by atoms with E-state index in [1.165, 1.54) is 11.1 Å². The third-order valence-corrected chi connectivity index (χ3v) is 5.53. The van der Waals surface area contributed by atoms with Crippen molar-refractivity contribution in [2.75, 3.05) is 11.9 Å². The molecule has 0 fully saturated rings. The molecule has 1 amide bonds. The summed E-state index contributed by atoms with van der Waals surface area (Å²) in [6.45, 7) is 13.6. The first kappa shape index (κ1) is 22.0. The fourth-order valence-corrected chi connectivity index (χ4v) is 3.17. The van der Waals surface area contributed by atoms with Gasteiger partial charge in [-0.05, 0) is 59.9 Å². The van der Waals surface area contributed by atoms with Gasteiger partial charge in [0, 0.05) is 12.1 Å². The highest BCUT2D eigenvalue weighted by molar-refractivity contribution is 5.92. The minimum absolute atomic E-state index is 0.0415. The number of rotatable bonds is 9. The summed E-state index contributed by atoms with van der Waals surface area (Å²) in [6, 6.07) is 14.5. The lowest BCUT2D eigenvalue weighted by molar-refractivity contribution is -0.116. The molecule has 0 spiro atoms. The van der Waals surface area contributed by atoms with Gasteiger partial charge in [-0.2, -0.15) is 0 Å². The molecular formula is C25H35NO2. The maximum atomic E-state index is 12.4. The van der Waals surface area contributed by atoms with Crippen molar-refractivity contribution in [3.05, 3.63) is 59.2 Å². The lowest BCUT2D eigenvalue weighted by Crippen LogP contribution is -2.16. The summed E-state index contributed by atoms with van der Waals surface area (Å²) in [6.07, 6.45) is 2.24. The number of carbonyl (C=O) groups excluding carboxylic acids is 1. The predicted molar refractivity (Wildman–Crippen MR) is 118 cm³/mol. The highest BCUT2D eigenvalue weighted by Crippen LogP contribution is 2.29. The van der Waals surface area contributed by atoms with Crippen LogP contribution in [0.5, 0.6) is 5.75 Å². The molecule has 0 saturated carbocycles. The number of para-hydroxylation sites is 1. The number of benzene rings is 2. The number of amides is 1. The van der Waals surface area contributed by atoms with Crippen molar-refractivity contribution in [2.45, 2.75) is 72.1 Å². The smallest absolute Gasteiger partial charge is 0.224 e. The second-order valence-electron chi connectivity index (χ2n) is 8.46. The van der Waals surface area contributed by atoms with E-state index in [0.29, 0.717) is 25.4 Å². The van der Waals surface area contributed by atoms with Crippen LogP contribution in [0.4, 0.5) is 5.69 Å². The molecule has 28 heavy (non-hydrogen) atoms. The summed E-state index contributed by atoms with van der Waals surface area (Å²) in [5, 5.41) is 3.09. The number of ether oxygens (including phenoxy) is 1. The van der Waals surface area contributed by atoms with Crippen LogP contribution in [-0.4, -0.2) is 12.5 Å². The van der Waals surface area contributed by atoms with Gasteiger partial charge in [-0.25, -0.2) is 0 Å². The number of anilines is 1. The van der Waals surface area contributed by atoms with Gasteiger partial charge >= 0.3 is 0 Å². The molecule has 0 aliphatic heterocycles. The van der Waals surface area contributed by atoms with Gasteiger partial charge in [-0.1, -0.05) is 65.0 Å². The standard InChI is InChI=1S/C25H35NO2/c1-7-25(5,6)20-13-15-21(16-14-20)28-17-9-12-23(27)26-24-19(4)10-8-11-22(24)18(2)3/h8,10-11,13-16,18H,7,9,12,17H2,1-6H3,(H,26,27). The Morgan fingerprint density at radius 2 is 1.79 bits per heavy atom. The minimum atomic E-state index is 0.0415.